The quantitative estimate of drug-likeness (QED) is 0.567. The Bertz CT molecular complexity index is 1180. The minimum atomic E-state index is -3.80. The third-order valence-corrected chi connectivity index (χ3v) is 5.31. The second-order valence-corrected chi connectivity index (χ2v) is 7.69. The summed E-state index contributed by atoms with van der Waals surface area (Å²) >= 11 is 0. The zero-order valence-corrected chi connectivity index (χ0v) is 16.1. The number of aryl methyl sites for hydroxylation is 1. The highest BCUT2D eigenvalue weighted by Crippen LogP contribution is 2.20. The topological polar surface area (TPSA) is 119 Å². The molecule has 0 bridgehead atoms. The molecule has 11 heteroatoms. The predicted molar refractivity (Wildman–Crippen MR) is 104 cm³/mol. The van der Waals surface area contributed by atoms with E-state index in [4.69, 9.17) is 0 Å². The Kier molecular flexibility index (Phi) is 5.80. The molecule has 1 amide bonds. The molecule has 2 N–H and O–H groups in total. The lowest BCUT2D eigenvalue weighted by Gasteiger charge is -2.10. The molecular weight excluding hydrogens is 399 g/mol. The molecule has 0 spiro atoms. The number of anilines is 1. The van der Waals surface area contributed by atoms with Crippen molar-refractivity contribution in [3.63, 3.8) is 0 Å². The predicted octanol–water partition coefficient (Wildman–Crippen LogP) is 1.83. The van der Waals surface area contributed by atoms with E-state index >= 15 is 0 Å². The average molecular weight is 416 g/mol. The number of carbonyl (C=O) groups excluding carboxylic acids is 1. The van der Waals surface area contributed by atoms with Crippen LogP contribution in [-0.4, -0.2) is 41.1 Å². The van der Waals surface area contributed by atoms with Crippen molar-refractivity contribution in [2.24, 2.45) is 0 Å². The van der Waals surface area contributed by atoms with Gasteiger partial charge in [-0.3, -0.25) is 4.79 Å². The zero-order valence-electron chi connectivity index (χ0n) is 15.3. The van der Waals surface area contributed by atoms with E-state index in [0.29, 0.717) is 11.5 Å². The summed E-state index contributed by atoms with van der Waals surface area (Å²) in [5.41, 5.74) is 0.407. The normalized spacial score (nSPS) is 11.2. The van der Waals surface area contributed by atoms with Crippen LogP contribution in [0.25, 0.3) is 5.69 Å². The Hall–Kier alpha value is -3.44. The van der Waals surface area contributed by atoms with Crippen LogP contribution in [0.3, 0.4) is 0 Å². The average Bonchev–Trinajstić information content (AvgIpc) is 3.14. The van der Waals surface area contributed by atoms with Crippen molar-refractivity contribution in [2.75, 3.05) is 11.9 Å². The largest absolute Gasteiger partial charge is 0.319 e. The van der Waals surface area contributed by atoms with Crippen LogP contribution in [0.4, 0.5) is 10.1 Å². The van der Waals surface area contributed by atoms with Crippen LogP contribution in [0.2, 0.25) is 0 Å². The minimum absolute atomic E-state index is 0.0489. The van der Waals surface area contributed by atoms with Gasteiger partial charge in [-0.1, -0.05) is 12.1 Å². The highest BCUT2D eigenvalue weighted by Gasteiger charge is 2.17. The van der Waals surface area contributed by atoms with Crippen molar-refractivity contribution < 1.29 is 17.6 Å². The molecule has 9 nitrogen and oxygen atoms in total. The molecule has 0 aliphatic rings. The molecule has 150 valence electrons. The molecule has 1 aromatic heterocycles. The Balaban J connectivity index is 1.87. The number of hydrogen-bond donors (Lipinski definition) is 2. The number of tetrazole rings is 1. The van der Waals surface area contributed by atoms with Gasteiger partial charge in [-0.25, -0.2) is 17.5 Å². The molecule has 1 heterocycles. The van der Waals surface area contributed by atoms with E-state index in [9.17, 15) is 17.6 Å². The van der Waals surface area contributed by atoms with E-state index in [1.54, 1.807) is 6.92 Å². The number of rotatable bonds is 7. The molecule has 0 radical (unpaired) electrons. The number of sulfonamides is 1. The maximum atomic E-state index is 14.2. The first kappa shape index (κ1) is 20.3. The van der Waals surface area contributed by atoms with Gasteiger partial charge in [0.1, 0.15) is 5.82 Å². The third kappa shape index (κ3) is 4.52. The molecule has 0 fully saturated rings. The van der Waals surface area contributed by atoms with Gasteiger partial charge in [0.05, 0.1) is 16.3 Å². The van der Waals surface area contributed by atoms with Crippen LogP contribution in [0, 0.1) is 12.7 Å². The van der Waals surface area contributed by atoms with Crippen molar-refractivity contribution >= 4 is 21.6 Å². The van der Waals surface area contributed by atoms with Gasteiger partial charge in [0.15, 0.2) is 5.82 Å². The molecule has 0 aliphatic carbocycles. The van der Waals surface area contributed by atoms with E-state index < -0.39 is 21.7 Å². The van der Waals surface area contributed by atoms with Gasteiger partial charge in [-0.15, -0.1) is 11.7 Å². The fourth-order valence-corrected chi connectivity index (χ4v) is 3.51. The van der Waals surface area contributed by atoms with Crippen LogP contribution in [0.1, 0.15) is 16.2 Å². The number of halogens is 1. The van der Waals surface area contributed by atoms with Gasteiger partial charge in [-0.2, -0.15) is 4.68 Å². The van der Waals surface area contributed by atoms with E-state index in [1.165, 1.54) is 53.2 Å². The minimum Gasteiger partial charge on any atom is -0.319 e. The highest BCUT2D eigenvalue weighted by atomic mass is 32.2. The number of nitrogens with one attached hydrogen (secondary N) is 2. The Labute approximate surface area is 166 Å². The van der Waals surface area contributed by atoms with Gasteiger partial charge >= 0.3 is 0 Å². The van der Waals surface area contributed by atoms with Crippen LogP contribution in [-0.2, 0) is 10.0 Å². The van der Waals surface area contributed by atoms with Gasteiger partial charge in [0.25, 0.3) is 5.91 Å². The second-order valence-electron chi connectivity index (χ2n) is 5.92. The summed E-state index contributed by atoms with van der Waals surface area (Å²) in [6, 6.07) is 9.42. The van der Waals surface area contributed by atoms with Crippen molar-refractivity contribution in [2.45, 2.75) is 11.8 Å². The van der Waals surface area contributed by atoms with Crippen LogP contribution in [0.15, 0.2) is 60.0 Å². The number of hydrogen-bond acceptors (Lipinski definition) is 6. The van der Waals surface area contributed by atoms with Crippen molar-refractivity contribution in [3.05, 3.63) is 72.3 Å². The van der Waals surface area contributed by atoms with Gasteiger partial charge < -0.3 is 5.32 Å². The molecule has 0 atom stereocenters. The first-order valence-corrected chi connectivity index (χ1v) is 9.87. The van der Waals surface area contributed by atoms with Gasteiger partial charge in [0.2, 0.25) is 10.0 Å². The third-order valence-electron chi connectivity index (χ3n) is 3.89. The van der Waals surface area contributed by atoms with Crippen LogP contribution in [0.5, 0.6) is 0 Å². The lowest BCUT2D eigenvalue weighted by Crippen LogP contribution is -2.24. The summed E-state index contributed by atoms with van der Waals surface area (Å²) in [6.07, 6.45) is 1.40. The van der Waals surface area contributed by atoms with E-state index in [1.807, 2.05) is 0 Å². The molecule has 3 rings (SSSR count). The van der Waals surface area contributed by atoms with E-state index in [0.717, 1.165) is 0 Å². The first-order chi connectivity index (χ1) is 13.8. The fraction of sp³-hybridized carbons (Fsp3) is 0.111. The van der Waals surface area contributed by atoms with Crippen molar-refractivity contribution in [3.8, 4) is 5.69 Å². The molecule has 0 aliphatic heterocycles. The highest BCUT2D eigenvalue weighted by molar-refractivity contribution is 7.89. The Morgan fingerprint density at radius 3 is 2.76 bits per heavy atom. The maximum absolute atomic E-state index is 14.2. The van der Waals surface area contributed by atoms with Crippen molar-refractivity contribution in [1.82, 2.24) is 24.9 Å². The SMILES string of the molecule is C=CCNS(=O)(=O)c1cccc(C(=O)Nc2cc(-n3nnnc3C)ccc2F)c1. The molecule has 0 unspecified atom stereocenters. The summed E-state index contributed by atoms with van der Waals surface area (Å²) in [5, 5.41) is 13.5. The number of nitrogens with zero attached hydrogens (tertiary/aromatic N) is 4. The summed E-state index contributed by atoms with van der Waals surface area (Å²) in [7, 11) is -3.80. The number of carbonyl (C=O) groups is 1. The van der Waals surface area contributed by atoms with Crippen LogP contribution < -0.4 is 10.0 Å². The van der Waals surface area contributed by atoms with Gasteiger partial charge in [-0.05, 0) is 53.7 Å². The van der Waals surface area contributed by atoms with E-state index in [-0.39, 0.29) is 22.7 Å². The lowest BCUT2D eigenvalue weighted by molar-refractivity contribution is 0.102. The van der Waals surface area contributed by atoms with E-state index in [2.05, 4.69) is 32.1 Å². The Morgan fingerprint density at radius 2 is 2.07 bits per heavy atom. The summed E-state index contributed by atoms with van der Waals surface area (Å²) < 4.78 is 42.3. The molecule has 3 aromatic rings. The zero-order chi connectivity index (χ0) is 21.0. The number of benzene rings is 2. The second kappa shape index (κ2) is 8.29. The van der Waals surface area contributed by atoms with Crippen molar-refractivity contribution in [1.29, 1.82) is 0 Å². The first-order valence-electron chi connectivity index (χ1n) is 8.38. The molecule has 0 saturated carbocycles. The summed E-state index contributed by atoms with van der Waals surface area (Å²) in [4.78, 5) is 12.5. The fourth-order valence-electron chi connectivity index (χ4n) is 2.46. The molecule has 2 aromatic carbocycles. The lowest BCUT2D eigenvalue weighted by atomic mass is 10.2. The Morgan fingerprint density at radius 1 is 1.28 bits per heavy atom. The summed E-state index contributed by atoms with van der Waals surface area (Å²) in [5.74, 6) is -0.849. The smallest absolute Gasteiger partial charge is 0.255 e. The monoisotopic (exact) mass is 416 g/mol. The summed E-state index contributed by atoms with van der Waals surface area (Å²) in [6.45, 7) is 5.17. The maximum Gasteiger partial charge on any atom is 0.255 e. The molecular formula is C18H17FN6O3S. The molecule has 0 saturated heterocycles. The number of amides is 1. The van der Waals surface area contributed by atoms with Crippen LogP contribution >= 0.6 is 0 Å². The standard InChI is InChI=1S/C18H17FN6O3S/c1-3-9-20-29(27,28)15-6-4-5-13(10-15)18(26)21-17-11-14(7-8-16(17)19)25-12(2)22-23-24-25/h3-8,10-11,20H,1,9H2,2H3,(H,21,26). The van der Waals surface area contributed by atoms with Gasteiger partial charge in [0, 0.05) is 12.1 Å². The number of aromatic nitrogens is 4. The molecule has 29 heavy (non-hydrogen) atoms.